The zero-order valence-corrected chi connectivity index (χ0v) is 8.84. The van der Waals surface area contributed by atoms with Crippen LogP contribution in [0.15, 0.2) is 0 Å². The Hall–Kier alpha value is -0.0800. The van der Waals surface area contributed by atoms with Crippen LogP contribution in [0.5, 0.6) is 0 Å². The van der Waals surface area contributed by atoms with E-state index in [1.54, 1.807) is 0 Å². The lowest BCUT2D eigenvalue weighted by molar-refractivity contribution is -0.939. The number of quaternary nitrogens is 1. The first-order valence-electron chi connectivity index (χ1n) is 5.66. The first-order valence-corrected chi connectivity index (χ1v) is 5.66. The Morgan fingerprint density at radius 2 is 1.54 bits per heavy atom. The minimum atomic E-state index is 0. The lowest BCUT2D eigenvalue weighted by Crippen LogP contribution is -2.56. The number of hydrogen-bond donors (Lipinski definition) is 0. The molecular formula is C11H23NO. The fraction of sp³-hybridized carbons (Fsp3) is 1.00. The van der Waals surface area contributed by atoms with Crippen LogP contribution in [0.2, 0.25) is 0 Å². The van der Waals surface area contributed by atoms with Crippen LogP contribution < -0.4 is 0 Å². The largest absolute Gasteiger partial charge is 0.870 e. The topological polar surface area (TPSA) is 30.0 Å². The van der Waals surface area contributed by atoms with E-state index in [0.717, 1.165) is 5.92 Å². The van der Waals surface area contributed by atoms with E-state index in [-0.39, 0.29) is 5.48 Å². The van der Waals surface area contributed by atoms with Crippen LogP contribution in [-0.4, -0.2) is 36.1 Å². The smallest absolute Gasteiger partial charge is 0.0812 e. The van der Waals surface area contributed by atoms with E-state index >= 15 is 0 Å². The van der Waals surface area contributed by atoms with Crippen molar-refractivity contribution >= 4 is 0 Å². The van der Waals surface area contributed by atoms with Gasteiger partial charge in [-0.05, 0) is 32.1 Å². The molecule has 1 unspecified atom stereocenters. The average Bonchev–Trinajstić information content (AvgIpc) is 2.05. The summed E-state index contributed by atoms with van der Waals surface area (Å²) in [5, 5.41) is 0. The van der Waals surface area contributed by atoms with Gasteiger partial charge in [0.1, 0.15) is 0 Å². The highest BCUT2D eigenvalue weighted by Gasteiger charge is 2.34. The first kappa shape index (κ1) is 11.0. The van der Waals surface area contributed by atoms with Gasteiger partial charge in [-0.25, -0.2) is 0 Å². The van der Waals surface area contributed by atoms with Crippen molar-refractivity contribution in [3.63, 3.8) is 0 Å². The molecule has 2 heterocycles. The van der Waals surface area contributed by atoms with Crippen LogP contribution in [-0.2, 0) is 0 Å². The lowest BCUT2D eigenvalue weighted by Gasteiger charge is -2.46. The quantitative estimate of drug-likeness (QED) is 0.532. The fourth-order valence-corrected chi connectivity index (χ4v) is 3.21. The molecule has 2 nitrogen and oxygen atoms in total. The summed E-state index contributed by atoms with van der Waals surface area (Å²) in [6.45, 7) is 8.40. The molecule has 1 N–H and O–H groups in total. The standard InChI is InChI=1S/C11H22N.H2O/c1-11-6-5-9-12(10-11)7-3-2-4-8-12;/h11H,2-10H2,1H3;1H2/q+1;/p-1. The molecule has 78 valence electrons. The molecule has 2 aliphatic heterocycles. The Kier molecular flexibility index (Phi) is 3.74. The van der Waals surface area contributed by atoms with Gasteiger partial charge in [0.2, 0.25) is 0 Å². The molecule has 0 amide bonds. The van der Waals surface area contributed by atoms with Gasteiger partial charge in [0.05, 0.1) is 26.2 Å². The maximum atomic E-state index is 2.44. The van der Waals surface area contributed by atoms with Crippen molar-refractivity contribution in [2.24, 2.45) is 5.92 Å². The van der Waals surface area contributed by atoms with E-state index in [2.05, 4.69) is 6.92 Å². The summed E-state index contributed by atoms with van der Waals surface area (Å²) >= 11 is 0. The van der Waals surface area contributed by atoms with Gasteiger partial charge in [-0.3, -0.25) is 0 Å². The summed E-state index contributed by atoms with van der Waals surface area (Å²) in [6.07, 6.45) is 7.45. The van der Waals surface area contributed by atoms with Crippen molar-refractivity contribution in [1.82, 2.24) is 0 Å². The fourth-order valence-electron chi connectivity index (χ4n) is 3.21. The van der Waals surface area contributed by atoms with Crippen molar-refractivity contribution in [2.75, 3.05) is 26.2 Å². The minimum Gasteiger partial charge on any atom is -0.870 e. The first-order chi connectivity index (χ1) is 5.81. The second kappa shape index (κ2) is 4.43. The van der Waals surface area contributed by atoms with Gasteiger partial charge in [-0.15, -0.1) is 0 Å². The van der Waals surface area contributed by atoms with Gasteiger partial charge in [0, 0.05) is 5.92 Å². The monoisotopic (exact) mass is 185 g/mol. The van der Waals surface area contributed by atoms with Gasteiger partial charge in [-0.2, -0.15) is 0 Å². The molecule has 1 atom stereocenters. The summed E-state index contributed by atoms with van der Waals surface area (Å²) in [5.74, 6) is 0.997. The third-order valence-corrected chi connectivity index (χ3v) is 3.79. The SMILES string of the molecule is CC1CCC[N+]2(CCCCC2)C1.[OH-]. The molecule has 0 radical (unpaired) electrons. The van der Waals surface area contributed by atoms with E-state index < -0.39 is 0 Å². The Morgan fingerprint density at radius 1 is 0.923 bits per heavy atom. The molecule has 1 spiro atoms. The molecule has 13 heavy (non-hydrogen) atoms. The molecule has 0 aliphatic carbocycles. The van der Waals surface area contributed by atoms with Crippen molar-refractivity contribution in [1.29, 1.82) is 0 Å². The Bertz CT molecular complexity index is 147. The van der Waals surface area contributed by atoms with Crippen LogP contribution >= 0.6 is 0 Å². The molecule has 2 fully saturated rings. The van der Waals surface area contributed by atoms with Crippen molar-refractivity contribution in [2.45, 2.75) is 39.0 Å². The average molecular weight is 185 g/mol. The van der Waals surface area contributed by atoms with Crippen LogP contribution in [0.1, 0.15) is 39.0 Å². The summed E-state index contributed by atoms with van der Waals surface area (Å²) in [6, 6.07) is 0. The van der Waals surface area contributed by atoms with Gasteiger partial charge < -0.3 is 9.96 Å². The Morgan fingerprint density at radius 3 is 2.15 bits per heavy atom. The van der Waals surface area contributed by atoms with E-state index in [1.807, 2.05) is 0 Å². The number of rotatable bonds is 0. The Balaban J connectivity index is 0.000000845. The normalized spacial score (nSPS) is 32.5. The van der Waals surface area contributed by atoms with Gasteiger partial charge >= 0.3 is 0 Å². The highest BCUT2D eigenvalue weighted by Crippen LogP contribution is 2.27. The zero-order chi connectivity index (χ0) is 8.44. The Labute approximate surface area is 81.8 Å². The molecule has 0 bridgehead atoms. The van der Waals surface area contributed by atoms with Crippen molar-refractivity contribution < 1.29 is 9.96 Å². The van der Waals surface area contributed by atoms with Crippen LogP contribution in [0.3, 0.4) is 0 Å². The second-order valence-corrected chi connectivity index (χ2v) is 5.00. The molecule has 0 aromatic carbocycles. The maximum Gasteiger partial charge on any atom is 0.0812 e. The summed E-state index contributed by atoms with van der Waals surface area (Å²) < 4.78 is 1.49. The predicted octanol–water partition coefficient (Wildman–Crippen LogP) is 2.24. The highest BCUT2D eigenvalue weighted by atomic mass is 16.0. The zero-order valence-electron chi connectivity index (χ0n) is 8.84. The number of hydrogen-bond acceptors (Lipinski definition) is 1. The molecule has 0 aromatic heterocycles. The van der Waals surface area contributed by atoms with Gasteiger partial charge in [0.25, 0.3) is 0 Å². The molecule has 2 saturated heterocycles. The minimum absolute atomic E-state index is 0. The van der Waals surface area contributed by atoms with Gasteiger partial charge in [-0.1, -0.05) is 6.92 Å². The molecule has 2 aliphatic rings. The third-order valence-electron chi connectivity index (χ3n) is 3.79. The molecule has 0 saturated carbocycles. The number of piperidine rings is 2. The van der Waals surface area contributed by atoms with Crippen LogP contribution in [0.4, 0.5) is 0 Å². The molecular weight excluding hydrogens is 162 g/mol. The highest BCUT2D eigenvalue weighted by molar-refractivity contribution is 4.64. The summed E-state index contributed by atoms with van der Waals surface area (Å²) in [5.41, 5.74) is 0. The van der Waals surface area contributed by atoms with E-state index in [1.165, 1.54) is 62.8 Å². The maximum absolute atomic E-state index is 2.44. The summed E-state index contributed by atoms with van der Waals surface area (Å²) in [7, 11) is 0. The van der Waals surface area contributed by atoms with E-state index in [9.17, 15) is 0 Å². The van der Waals surface area contributed by atoms with Crippen molar-refractivity contribution in [3.05, 3.63) is 0 Å². The predicted molar refractivity (Wildman–Crippen MR) is 53.9 cm³/mol. The second-order valence-electron chi connectivity index (χ2n) is 5.00. The van der Waals surface area contributed by atoms with Crippen LogP contribution in [0.25, 0.3) is 0 Å². The van der Waals surface area contributed by atoms with E-state index in [0.29, 0.717) is 0 Å². The van der Waals surface area contributed by atoms with E-state index in [4.69, 9.17) is 0 Å². The van der Waals surface area contributed by atoms with Crippen molar-refractivity contribution in [3.8, 4) is 0 Å². The molecule has 0 aromatic rings. The summed E-state index contributed by atoms with van der Waals surface area (Å²) in [4.78, 5) is 0. The lowest BCUT2D eigenvalue weighted by atomic mass is 9.94. The molecule has 2 rings (SSSR count). The molecule has 2 heteroatoms. The third kappa shape index (κ3) is 2.44. The van der Waals surface area contributed by atoms with Crippen LogP contribution in [0, 0.1) is 5.92 Å². The number of nitrogens with zero attached hydrogens (tertiary/aromatic N) is 1. The van der Waals surface area contributed by atoms with Gasteiger partial charge in [0.15, 0.2) is 0 Å².